The van der Waals surface area contributed by atoms with Crippen LogP contribution < -0.4 is 11.1 Å². The second kappa shape index (κ2) is 6.78. The summed E-state index contributed by atoms with van der Waals surface area (Å²) < 4.78 is 5.20. The Labute approximate surface area is 138 Å². The third kappa shape index (κ3) is 3.49. The molecule has 3 aromatic rings. The van der Waals surface area contributed by atoms with Crippen LogP contribution >= 0.6 is 0 Å². The van der Waals surface area contributed by atoms with E-state index in [0.717, 1.165) is 11.1 Å². The van der Waals surface area contributed by atoms with Crippen molar-refractivity contribution < 1.29 is 14.1 Å². The van der Waals surface area contributed by atoms with Gasteiger partial charge in [0, 0.05) is 23.7 Å². The minimum absolute atomic E-state index is 0.194. The van der Waals surface area contributed by atoms with Gasteiger partial charge in [-0.2, -0.15) is 0 Å². The topological polar surface area (TPSA) is 98.2 Å². The van der Waals surface area contributed by atoms with Crippen LogP contribution in [0.1, 0.15) is 26.4 Å². The quantitative estimate of drug-likeness (QED) is 0.753. The van der Waals surface area contributed by atoms with Crippen molar-refractivity contribution in [2.24, 2.45) is 5.73 Å². The number of amides is 2. The highest BCUT2D eigenvalue weighted by molar-refractivity contribution is 5.94. The molecule has 0 saturated heterocycles. The summed E-state index contributed by atoms with van der Waals surface area (Å²) in [5.41, 5.74) is 7.45. The number of aromatic nitrogens is 1. The lowest BCUT2D eigenvalue weighted by atomic mass is 10.1. The number of primary amides is 1. The third-order valence-corrected chi connectivity index (χ3v) is 3.47. The minimum Gasteiger partial charge on any atom is -0.366 e. The van der Waals surface area contributed by atoms with E-state index in [0.29, 0.717) is 11.3 Å². The molecule has 2 aromatic carbocycles. The van der Waals surface area contributed by atoms with Crippen LogP contribution in [-0.4, -0.2) is 17.0 Å². The zero-order valence-electron chi connectivity index (χ0n) is 12.7. The summed E-state index contributed by atoms with van der Waals surface area (Å²) in [6.07, 6.45) is 0. The van der Waals surface area contributed by atoms with E-state index in [1.165, 1.54) is 0 Å². The second-order valence-corrected chi connectivity index (χ2v) is 5.19. The second-order valence-electron chi connectivity index (χ2n) is 5.19. The molecule has 1 heterocycles. The predicted molar refractivity (Wildman–Crippen MR) is 88.1 cm³/mol. The van der Waals surface area contributed by atoms with E-state index in [4.69, 9.17) is 10.3 Å². The maximum Gasteiger partial charge on any atom is 0.273 e. The summed E-state index contributed by atoms with van der Waals surface area (Å²) in [5.74, 6) is -0.339. The average molecular weight is 321 g/mol. The van der Waals surface area contributed by atoms with E-state index in [9.17, 15) is 9.59 Å². The van der Waals surface area contributed by atoms with Crippen LogP contribution in [0.15, 0.2) is 65.2 Å². The Morgan fingerprint density at radius 3 is 2.58 bits per heavy atom. The molecule has 0 atom stereocenters. The zero-order chi connectivity index (χ0) is 16.9. The Morgan fingerprint density at radius 1 is 1.04 bits per heavy atom. The molecule has 120 valence electrons. The molecule has 3 N–H and O–H groups in total. The van der Waals surface area contributed by atoms with Crippen molar-refractivity contribution in [1.29, 1.82) is 0 Å². The lowest BCUT2D eigenvalue weighted by Crippen LogP contribution is -2.23. The first-order valence-electron chi connectivity index (χ1n) is 7.32. The zero-order valence-corrected chi connectivity index (χ0v) is 12.7. The molecule has 3 rings (SSSR count). The molecule has 2 amide bonds. The van der Waals surface area contributed by atoms with Crippen molar-refractivity contribution in [3.8, 4) is 11.3 Å². The van der Waals surface area contributed by atoms with Crippen molar-refractivity contribution >= 4 is 11.8 Å². The Balaban J connectivity index is 1.67. The summed E-state index contributed by atoms with van der Waals surface area (Å²) in [7, 11) is 0. The van der Waals surface area contributed by atoms with Crippen molar-refractivity contribution in [2.45, 2.75) is 6.54 Å². The van der Waals surface area contributed by atoms with Gasteiger partial charge < -0.3 is 15.6 Å². The Bertz CT molecular complexity index is 872. The highest BCUT2D eigenvalue weighted by Crippen LogP contribution is 2.19. The van der Waals surface area contributed by atoms with Crippen LogP contribution in [0.2, 0.25) is 0 Å². The summed E-state index contributed by atoms with van der Waals surface area (Å²) in [6.45, 7) is 0.257. The highest BCUT2D eigenvalue weighted by atomic mass is 16.5. The van der Waals surface area contributed by atoms with Gasteiger partial charge in [-0.25, -0.2) is 0 Å². The van der Waals surface area contributed by atoms with Crippen molar-refractivity contribution in [1.82, 2.24) is 10.5 Å². The first-order chi connectivity index (χ1) is 11.6. The van der Waals surface area contributed by atoms with Crippen LogP contribution in [-0.2, 0) is 6.54 Å². The van der Waals surface area contributed by atoms with Gasteiger partial charge in [0.2, 0.25) is 5.91 Å². The van der Waals surface area contributed by atoms with Crippen LogP contribution in [0.4, 0.5) is 0 Å². The smallest absolute Gasteiger partial charge is 0.273 e. The van der Waals surface area contributed by atoms with Crippen molar-refractivity contribution in [2.75, 3.05) is 0 Å². The Hall–Kier alpha value is -3.41. The van der Waals surface area contributed by atoms with Gasteiger partial charge in [0.1, 0.15) is 0 Å². The molecule has 0 aliphatic heterocycles. The number of nitrogens with two attached hydrogens (primary N) is 1. The van der Waals surface area contributed by atoms with Gasteiger partial charge >= 0.3 is 0 Å². The molecule has 6 nitrogen and oxygen atoms in total. The lowest BCUT2D eigenvalue weighted by Gasteiger charge is -2.04. The van der Waals surface area contributed by atoms with Gasteiger partial charge in [0.25, 0.3) is 5.91 Å². The molecule has 0 aliphatic carbocycles. The van der Waals surface area contributed by atoms with Gasteiger partial charge in [0.15, 0.2) is 11.5 Å². The van der Waals surface area contributed by atoms with Crippen LogP contribution in [0.3, 0.4) is 0 Å². The summed E-state index contributed by atoms with van der Waals surface area (Å²) in [5, 5.41) is 6.52. The van der Waals surface area contributed by atoms with E-state index in [1.54, 1.807) is 30.3 Å². The normalized spacial score (nSPS) is 10.3. The number of rotatable bonds is 5. The van der Waals surface area contributed by atoms with E-state index in [1.807, 2.05) is 30.3 Å². The molecule has 0 radical (unpaired) electrons. The van der Waals surface area contributed by atoms with Gasteiger partial charge in [0.05, 0.1) is 0 Å². The molecule has 0 spiro atoms. The number of hydrogen-bond donors (Lipinski definition) is 2. The maximum absolute atomic E-state index is 12.2. The van der Waals surface area contributed by atoms with Crippen LogP contribution in [0.25, 0.3) is 11.3 Å². The van der Waals surface area contributed by atoms with Gasteiger partial charge in [-0.05, 0) is 17.7 Å². The standard InChI is InChI=1S/C18H15N3O3/c19-17(22)14-8-4-5-12(9-14)11-20-18(23)15-10-16(24-21-15)13-6-2-1-3-7-13/h1-10H,11H2,(H2,19,22)(H,20,23). The summed E-state index contributed by atoms with van der Waals surface area (Å²) in [6, 6.07) is 17.8. The molecule has 6 heteroatoms. The molecule has 1 aromatic heterocycles. The van der Waals surface area contributed by atoms with Gasteiger partial charge in [-0.1, -0.05) is 47.6 Å². The highest BCUT2D eigenvalue weighted by Gasteiger charge is 2.13. The SMILES string of the molecule is NC(=O)c1cccc(CNC(=O)c2cc(-c3ccccc3)on2)c1. The number of carbonyl (C=O) groups is 2. The van der Waals surface area contributed by atoms with Gasteiger partial charge in [-0.3, -0.25) is 9.59 Å². The fraction of sp³-hybridized carbons (Fsp3) is 0.0556. The first-order valence-corrected chi connectivity index (χ1v) is 7.32. The lowest BCUT2D eigenvalue weighted by molar-refractivity contribution is 0.0941. The minimum atomic E-state index is -0.507. The number of carbonyl (C=O) groups excluding carboxylic acids is 2. The van der Waals surface area contributed by atoms with E-state index < -0.39 is 5.91 Å². The van der Waals surface area contributed by atoms with E-state index in [2.05, 4.69) is 10.5 Å². The fourth-order valence-electron chi connectivity index (χ4n) is 2.23. The van der Waals surface area contributed by atoms with Crippen molar-refractivity contribution in [3.05, 3.63) is 77.5 Å². The molecular formula is C18H15N3O3. The van der Waals surface area contributed by atoms with Crippen LogP contribution in [0, 0.1) is 0 Å². The Kier molecular flexibility index (Phi) is 4.38. The summed E-state index contributed by atoms with van der Waals surface area (Å²) in [4.78, 5) is 23.3. The largest absolute Gasteiger partial charge is 0.366 e. The number of nitrogens with one attached hydrogen (secondary N) is 1. The third-order valence-electron chi connectivity index (χ3n) is 3.47. The number of hydrogen-bond acceptors (Lipinski definition) is 4. The average Bonchev–Trinajstić information content (AvgIpc) is 3.11. The van der Waals surface area contributed by atoms with Crippen LogP contribution in [0.5, 0.6) is 0 Å². The molecule has 0 aliphatic rings. The van der Waals surface area contributed by atoms with Gasteiger partial charge in [-0.15, -0.1) is 0 Å². The monoisotopic (exact) mass is 321 g/mol. The predicted octanol–water partition coefficient (Wildman–Crippen LogP) is 2.37. The first kappa shape index (κ1) is 15.5. The van der Waals surface area contributed by atoms with E-state index >= 15 is 0 Å². The summed E-state index contributed by atoms with van der Waals surface area (Å²) >= 11 is 0. The number of benzene rings is 2. The molecule has 0 unspecified atom stereocenters. The molecule has 24 heavy (non-hydrogen) atoms. The fourth-order valence-corrected chi connectivity index (χ4v) is 2.23. The number of nitrogens with zero attached hydrogens (tertiary/aromatic N) is 1. The molecule has 0 fully saturated rings. The molecule has 0 saturated carbocycles. The maximum atomic E-state index is 12.2. The molecular weight excluding hydrogens is 306 g/mol. The Morgan fingerprint density at radius 2 is 1.83 bits per heavy atom. The van der Waals surface area contributed by atoms with E-state index in [-0.39, 0.29) is 18.1 Å². The molecule has 0 bridgehead atoms. The van der Waals surface area contributed by atoms with Crippen molar-refractivity contribution in [3.63, 3.8) is 0 Å².